The van der Waals surface area contributed by atoms with Gasteiger partial charge in [-0.05, 0) is 74.4 Å². The number of rotatable bonds is 7. The van der Waals surface area contributed by atoms with Gasteiger partial charge in [-0.2, -0.15) is 5.10 Å². The van der Waals surface area contributed by atoms with Crippen molar-refractivity contribution in [2.45, 2.75) is 51.6 Å². The standard InChI is InChI=1S/C28H31N5O/c1-19(2)31-28-25-24(15-17-30-28)33(18-20-11-13-22(34-3)14-12-20)32-27(25)26-23(10-7-16-29-26)21-8-5-4-6-9-21/h4-5,7,10-17,19,21H,6,8-9,18H2,1-3H3,(H,30,31). The lowest BCUT2D eigenvalue weighted by Gasteiger charge is -2.20. The zero-order chi connectivity index (χ0) is 23.5. The summed E-state index contributed by atoms with van der Waals surface area (Å²) in [5.74, 6) is 2.15. The number of hydrogen-bond acceptors (Lipinski definition) is 5. The predicted octanol–water partition coefficient (Wildman–Crippen LogP) is 6.19. The van der Waals surface area contributed by atoms with E-state index in [0.717, 1.165) is 58.7 Å². The van der Waals surface area contributed by atoms with Crippen LogP contribution < -0.4 is 10.1 Å². The van der Waals surface area contributed by atoms with E-state index in [2.05, 4.69) is 54.2 Å². The van der Waals surface area contributed by atoms with Crippen LogP contribution in [0.4, 0.5) is 5.82 Å². The molecule has 0 saturated heterocycles. The van der Waals surface area contributed by atoms with Gasteiger partial charge in [-0.15, -0.1) is 0 Å². The van der Waals surface area contributed by atoms with Crippen LogP contribution in [0.2, 0.25) is 0 Å². The van der Waals surface area contributed by atoms with E-state index in [9.17, 15) is 0 Å². The number of nitrogens with one attached hydrogen (secondary N) is 1. The normalized spacial score (nSPS) is 15.7. The van der Waals surface area contributed by atoms with Gasteiger partial charge in [0.05, 0.1) is 30.3 Å². The number of benzene rings is 1. The van der Waals surface area contributed by atoms with Crippen LogP contribution in [0.15, 0.2) is 67.0 Å². The molecular formula is C28H31N5O. The maximum absolute atomic E-state index is 5.32. The minimum absolute atomic E-state index is 0.252. The van der Waals surface area contributed by atoms with Crippen molar-refractivity contribution in [3.8, 4) is 17.1 Å². The van der Waals surface area contributed by atoms with E-state index in [1.54, 1.807) is 7.11 Å². The molecule has 0 radical (unpaired) electrons. The average molecular weight is 454 g/mol. The molecule has 1 N–H and O–H groups in total. The van der Waals surface area contributed by atoms with Crippen molar-refractivity contribution in [2.75, 3.05) is 12.4 Å². The molecule has 0 amide bonds. The van der Waals surface area contributed by atoms with Gasteiger partial charge in [0.1, 0.15) is 17.3 Å². The Morgan fingerprint density at radius 3 is 2.62 bits per heavy atom. The highest BCUT2D eigenvalue weighted by Crippen LogP contribution is 2.39. The van der Waals surface area contributed by atoms with Crippen molar-refractivity contribution in [2.24, 2.45) is 0 Å². The molecule has 0 aliphatic heterocycles. The highest BCUT2D eigenvalue weighted by molar-refractivity contribution is 6.00. The molecular weight excluding hydrogens is 422 g/mol. The van der Waals surface area contributed by atoms with Crippen LogP contribution >= 0.6 is 0 Å². The molecule has 3 heterocycles. The lowest BCUT2D eigenvalue weighted by Crippen LogP contribution is -2.11. The summed E-state index contributed by atoms with van der Waals surface area (Å²) in [5, 5.41) is 9.70. The molecule has 4 aromatic rings. The Bertz CT molecular complexity index is 1310. The number of fused-ring (bicyclic) bond motifs is 1. The van der Waals surface area contributed by atoms with E-state index in [1.807, 2.05) is 36.7 Å². The van der Waals surface area contributed by atoms with Crippen LogP contribution in [-0.2, 0) is 6.54 Å². The predicted molar refractivity (Wildman–Crippen MR) is 137 cm³/mol. The SMILES string of the molecule is COc1ccc(Cn2nc(-c3ncccc3C3CC=CCC3)c3c(NC(C)C)nccc32)cc1. The van der Waals surface area contributed by atoms with Gasteiger partial charge < -0.3 is 10.1 Å². The molecule has 0 bridgehead atoms. The minimum Gasteiger partial charge on any atom is -0.497 e. The quantitative estimate of drug-likeness (QED) is 0.338. The smallest absolute Gasteiger partial charge is 0.137 e. The molecule has 0 saturated carbocycles. The third-order valence-corrected chi connectivity index (χ3v) is 6.35. The summed E-state index contributed by atoms with van der Waals surface area (Å²) < 4.78 is 7.39. The van der Waals surface area contributed by atoms with E-state index < -0.39 is 0 Å². The molecule has 1 aliphatic carbocycles. The van der Waals surface area contributed by atoms with Crippen molar-refractivity contribution in [1.82, 2.24) is 19.7 Å². The Labute approximate surface area is 200 Å². The summed E-state index contributed by atoms with van der Waals surface area (Å²) >= 11 is 0. The van der Waals surface area contributed by atoms with E-state index >= 15 is 0 Å². The molecule has 5 rings (SSSR count). The van der Waals surface area contributed by atoms with E-state index in [0.29, 0.717) is 12.5 Å². The number of anilines is 1. The number of methoxy groups -OCH3 is 1. The maximum Gasteiger partial charge on any atom is 0.137 e. The van der Waals surface area contributed by atoms with Crippen molar-refractivity contribution < 1.29 is 4.74 Å². The van der Waals surface area contributed by atoms with Crippen molar-refractivity contribution in [1.29, 1.82) is 0 Å². The summed E-state index contributed by atoms with van der Waals surface area (Å²) in [6.45, 7) is 4.91. The highest BCUT2D eigenvalue weighted by atomic mass is 16.5. The molecule has 6 nitrogen and oxygen atoms in total. The number of allylic oxidation sites excluding steroid dienone is 2. The van der Waals surface area contributed by atoms with Gasteiger partial charge in [-0.25, -0.2) is 4.98 Å². The lowest BCUT2D eigenvalue weighted by molar-refractivity contribution is 0.414. The second-order valence-corrected chi connectivity index (χ2v) is 9.13. The largest absolute Gasteiger partial charge is 0.497 e. The van der Waals surface area contributed by atoms with Gasteiger partial charge in [-0.1, -0.05) is 30.4 Å². The zero-order valence-electron chi connectivity index (χ0n) is 20.0. The molecule has 0 fully saturated rings. The first-order chi connectivity index (χ1) is 16.6. The summed E-state index contributed by atoms with van der Waals surface area (Å²) in [4.78, 5) is 9.56. The molecule has 0 spiro atoms. The zero-order valence-corrected chi connectivity index (χ0v) is 20.0. The average Bonchev–Trinajstić information content (AvgIpc) is 3.24. The van der Waals surface area contributed by atoms with Crippen molar-refractivity contribution in [3.05, 3.63) is 78.1 Å². The van der Waals surface area contributed by atoms with Crippen molar-refractivity contribution >= 4 is 16.7 Å². The molecule has 174 valence electrons. The molecule has 1 atom stereocenters. The van der Waals surface area contributed by atoms with E-state index in [-0.39, 0.29) is 6.04 Å². The molecule has 3 aromatic heterocycles. The minimum atomic E-state index is 0.252. The fourth-order valence-electron chi connectivity index (χ4n) is 4.72. The van der Waals surface area contributed by atoms with Gasteiger partial charge in [-0.3, -0.25) is 9.67 Å². The first-order valence-electron chi connectivity index (χ1n) is 12.0. The number of ether oxygens (including phenoxy) is 1. The lowest BCUT2D eigenvalue weighted by atomic mass is 9.86. The van der Waals surface area contributed by atoms with Gasteiger partial charge in [0, 0.05) is 18.4 Å². The summed E-state index contributed by atoms with van der Waals surface area (Å²) in [6.07, 6.45) is 11.6. The Morgan fingerprint density at radius 2 is 1.88 bits per heavy atom. The summed E-state index contributed by atoms with van der Waals surface area (Å²) in [6, 6.07) is 14.7. The molecule has 34 heavy (non-hydrogen) atoms. The van der Waals surface area contributed by atoms with Crippen LogP contribution in [0, 0.1) is 0 Å². The third kappa shape index (κ3) is 4.40. The number of hydrogen-bond donors (Lipinski definition) is 1. The number of aromatic nitrogens is 4. The molecule has 1 unspecified atom stereocenters. The van der Waals surface area contributed by atoms with Gasteiger partial charge >= 0.3 is 0 Å². The van der Waals surface area contributed by atoms with E-state index in [1.165, 1.54) is 5.56 Å². The van der Waals surface area contributed by atoms with Crippen LogP contribution in [0.1, 0.15) is 50.2 Å². The summed E-state index contributed by atoms with van der Waals surface area (Å²) in [7, 11) is 1.69. The Hall–Kier alpha value is -3.67. The Kier molecular flexibility index (Phi) is 6.30. The van der Waals surface area contributed by atoms with Gasteiger partial charge in [0.25, 0.3) is 0 Å². The first kappa shape index (κ1) is 22.1. The van der Waals surface area contributed by atoms with Crippen LogP contribution in [0.5, 0.6) is 5.75 Å². The Morgan fingerprint density at radius 1 is 1.03 bits per heavy atom. The maximum atomic E-state index is 5.32. The number of pyridine rings is 2. The van der Waals surface area contributed by atoms with E-state index in [4.69, 9.17) is 19.8 Å². The monoisotopic (exact) mass is 453 g/mol. The Balaban J connectivity index is 1.66. The second-order valence-electron chi connectivity index (χ2n) is 9.13. The molecule has 6 heteroatoms. The van der Waals surface area contributed by atoms with Gasteiger partial charge in [0.15, 0.2) is 0 Å². The molecule has 1 aromatic carbocycles. The third-order valence-electron chi connectivity index (χ3n) is 6.35. The number of nitrogens with zero attached hydrogens (tertiary/aromatic N) is 4. The van der Waals surface area contributed by atoms with Crippen LogP contribution in [0.3, 0.4) is 0 Å². The molecule has 1 aliphatic rings. The fraction of sp³-hybridized carbons (Fsp3) is 0.321. The fourth-order valence-corrected chi connectivity index (χ4v) is 4.72. The van der Waals surface area contributed by atoms with Gasteiger partial charge in [0.2, 0.25) is 0 Å². The van der Waals surface area contributed by atoms with Crippen LogP contribution in [0.25, 0.3) is 22.3 Å². The summed E-state index contributed by atoms with van der Waals surface area (Å²) in [5.41, 5.74) is 5.32. The topological polar surface area (TPSA) is 64.9 Å². The highest BCUT2D eigenvalue weighted by Gasteiger charge is 2.24. The van der Waals surface area contributed by atoms with Crippen molar-refractivity contribution in [3.63, 3.8) is 0 Å². The van der Waals surface area contributed by atoms with Crippen LogP contribution in [-0.4, -0.2) is 32.9 Å². The second kappa shape index (κ2) is 9.67. The first-order valence-corrected chi connectivity index (χ1v) is 12.0.